The Bertz CT molecular complexity index is 298. The Morgan fingerprint density at radius 2 is 1.69 bits per heavy atom. The van der Waals surface area contributed by atoms with Gasteiger partial charge in [0.2, 0.25) is 11.8 Å². The third-order valence-corrected chi connectivity index (χ3v) is 3.79. The molecule has 1 spiro atoms. The summed E-state index contributed by atoms with van der Waals surface area (Å²) in [6.07, 6.45) is 6.28. The van der Waals surface area contributed by atoms with E-state index in [1.165, 1.54) is 4.90 Å². The molecule has 2 amide bonds. The van der Waals surface area contributed by atoms with Crippen LogP contribution in [0, 0.1) is 5.41 Å². The molecule has 0 aromatic heterocycles. The minimum atomic E-state index is -0.0833. The van der Waals surface area contributed by atoms with E-state index in [4.69, 9.17) is 0 Å². The van der Waals surface area contributed by atoms with E-state index < -0.39 is 0 Å². The second-order valence-electron chi connectivity index (χ2n) is 4.96. The van der Waals surface area contributed by atoms with Gasteiger partial charge in [0.05, 0.1) is 0 Å². The normalized spacial score (nSPS) is 24.1. The van der Waals surface area contributed by atoms with Gasteiger partial charge in [-0.15, -0.1) is 0 Å². The molecule has 0 N–H and O–H groups in total. The van der Waals surface area contributed by atoms with Crippen LogP contribution < -0.4 is 0 Å². The first-order chi connectivity index (χ1) is 7.67. The molecule has 1 heterocycles. The average molecular weight is 223 g/mol. The first-order valence-corrected chi connectivity index (χ1v) is 5.94. The Balaban J connectivity index is 2.04. The number of piperidine rings is 1. The zero-order valence-corrected chi connectivity index (χ0v) is 9.41. The van der Waals surface area contributed by atoms with Gasteiger partial charge in [0, 0.05) is 25.8 Å². The molecule has 0 aromatic carbocycles. The Morgan fingerprint density at radius 3 is 2.19 bits per heavy atom. The SMILES string of the molecule is O=CCCN1C(=O)CC2(CCCC2)CC1=O. The van der Waals surface area contributed by atoms with Crippen molar-refractivity contribution in [1.29, 1.82) is 0 Å². The lowest BCUT2D eigenvalue weighted by atomic mass is 9.76. The minimum Gasteiger partial charge on any atom is -0.303 e. The molecule has 0 unspecified atom stereocenters. The van der Waals surface area contributed by atoms with Crippen molar-refractivity contribution in [2.75, 3.05) is 6.54 Å². The topological polar surface area (TPSA) is 54.5 Å². The van der Waals surface area contributed by atoms with Gasteiger partial charge in [-0.3, -0.25) is 14.5 Å². The van der Waals surface area contributed by atoms with Crippen LogP contribution in [0.5, 0.6) is 0 Å². The van der Waals surface area contributed by atoms with Crippen LogP contribution in [0.1, 0.15) is 44.9 Å². The molecule has 2 rings (SSSR count). The second-order valence-corrected chi connectivity index (χ2v) is 4.96. The smallest absolute Gasteiger partial charge is 0.229 e. The molecule has 0 atom stereocenters. The van der Waals surface area contributed by atoms with Crippen molar-refractivity contribution in [3.05, 3.63) is 0 Å². The van der Waals surface area contributed by atoms with Crippen LogP contribution in [0.4, 0.5) is 0 Å². The summed E-state index contributed by atoms with van der Waals surface area (Å²) >= 11 is 0. The molecule has 1 aliphatic carbocycles. The highest BCUT2D eigenvalue weighted by Gasteiger charge is 2.44. The highest BCUT2D eigenvalue weighted by molar-refractivity contribution is 5.98. The van der Waals surface area contributed by atoms with E-state index >= 15 is 0 Å². The lowest BCUT2D eigenvalue weighted by molar-refractivity contribution is -0.153. The number of aldehydes is 1. The second kappa shape index (κ2) is 4.36. The highest BCUT2D eigenvalue weighted by Crippen LogP contribution is 2.46. The number of nitrogens with zero attached hydrogens (tertiary/aromatic N) is 1. The first-order valence-electron chi connectivity index (χ1n) is 5.94. The quantitative estimate of drug-likeness (QED) is 0.535. The van der Waals surface area contributed by atoms with Crippen LogP contribution >= 0.6 is 0 Å². The minimum absolute atomic E-state index is 0.0359. The molecule has 4 nitrogen and oxygen atoms in total. The number of hydrogen-bond acceptors (Lipinski definition) is 3. The Kier molecular flexibility index (Phi) is 3.08. The molecule has 88 valence electrons. The van der Waals surface area contributed by atoms with Crippen LogP contribution in [0.15, 0.2) is 0 Å². The Morgan fingerprint density at radius 1 is 1.12 bits per heavy atom. The summed E-state index contributed by atoms with van der Waals surface area (Å²) in [7, 11) is 0. The maximum absolute atomic E-state index is 11.9. The van der Waals surface area contributed by atoms with Crippen LogP contribution in [0.25, 0.3) is 0 Å². The van der Waals surface area contributed by atoms with Gasteiger partial charge in [-0.2, -0.15) is 0 Å². The van der Waals surface area contributed by atoms with Gasteiger partial charge in [-0.25, -0.2) is 0 Å². The van der Waals surface area contributed by atoms with E-state index in [1.54, 1.807) is 0 Å². The van der Waals surface area contributed by atoms with Crippen molar-refractivity contribution in [1.82, 2.24) is 4.90 Å². The summed E-state index contributed by atoms with van der Waals surface area (Å²) in [6.45, 7) is 0.261. The summed E-state index contributed by atoms with van der Waals surface area (Å²) in [5.41, 5.74) is -0.0359. The van der Waals surface area contributed by atoms with Crippen molar-refractivity contribution in [2.24, 2.45) is 5.41 Å². The van der Waals surface area contributed by atoms with Gasteiger partial charge in [0.15, 0.2) is 0 Å². The predicted octanol–water partition coefficient (Wildman–Crippen LogP) is 1.28. The van der Waals surface area contributed by atoms with Gasteiger partial charge in [-0.1, -0.05) is 12.8 Å². The summed E-state index contributed by atoms with van der Waals surface area (Å²) in [6, 6.07) is 0. The predicted molar refractivity (Wildman–Crippen MR) is 57.5 cm³/mol. The lowest BCUT2D eigenvalue weighted by Crippen LogP contribution is -2.47. The average Bonchev–Trinajstić information content (AvgIpc) is 2.65. The molecule has 1 aliphatic heterocycles. The van der Waals surface area contributed by atoms with E-state index in [-0.39, 0.29) is 30.2 Å². The van der Waals surface area contributed by atoms with Gasteiger partial charge < -0.3 is 4.79 Å². The molecule has 2 aliphatic rings. The largest absolute Gasteiger partial charge is 0.303 e. The zero-order chi connectivity index (χ0) is 11.6. The van der Waals surface area contributed by atoms with Gasteiger partial charge in [-0.05, 0) is 18.3 Å². The molecule has 2 fully saturated rings. The van der Waals surface area contributed by atoms with Crippen LogP contribution in [-0.2, 0) is 14.4 Å². The number of likely N-dealkylation sites (tertiary alicyclic amines) is 1. The number of imide groups is 1. The molecule has 1 saturated carbocycles. The zero-order valence-electron chi connectivity index (χ0n) is 9.41. The van der Waals surface area contributed by atoms with Crippen molar-refractivity contribution in [2.45, 2.75) is 44.9 Å². The fourth-order valence-corrected chi connectivity index (χ4v) is 2.94. The molecular formula is C12H17NO3. The monoisotopic (exact) mass is 223 g/mol. The van der Waals surface area contributed by atoms with Gasteiger partial charge in [0.1, 0.15) is 6.29 Å². The summed E-state index contributed by atoms with van der Waals surface area (Å²) in [4.78, 5) is 35.2. The maximum atomic E-state index is 11.9. The van der Waals surface area contributed by atoms with Crippen molar-refractivity contribution in [3.8, 4) is 0 Å². The van der Waals surface area contributed by atoms with E-state index in [0.29, 0.717) is 12.8 Å². The number of hydrogen-bond donors (Lipinski definition) is 0. The highest BCUT2D eigenvalue weighted by atomic mass is 16.2. The fraction of sp³-hybridized carbons (Fsp3) is 0.750. The fourth-order valence-electron chi connectivity index (χ4n) is 2.94. The van der Waals surface area contributed by atoms with E-state index in [9.17, 15) is 14.4 Å². The number of carbonyl (C=O) groups excluding carboxylic acids is 3. The van der Waals surface area contributed by atoms with E-state index in [1.807, 2.05) is 0 Å². The summed E-state index contributed by atoms with van der Waals surface area (Å²) in [5, 5.41) is 0. The molecule has 4 heteroatoms. The third-order valence-electron chi connectivity index (χ3n) is 3.79. The number of carbonyl (C=O) groups is 3. The molecule has 0 bridgehead atoms. The molecule has 0 radical (unpaired) electrons. The molecule has 1 saturated heterocycles. The first kappa shape index (κ1) is 11.3. The van der Waals surface area contributed by atoms with Crippen LogP contribution in [0.3, 0.4) is 0 Å². The Labute approximate surface area is 95.0 Å². The molecule has 0 aromatic rings. The Hall–Kier alpha value is -1.19. The van der Waals surface area contributed by atoms with Gasteiger partial charge >= 0.3 is 0 Å². The van der Waals surface area contributed by atoms with Crippen molar-refractivity contribution in [3.63, 3.8) is 0 Å². The van der Waals surface area contributed by atoms with Crippen LogP contribution in [-0.4, -0.2) is 29.5 Å². The van der Waals surface area contributed by atoms with Gasteiger partial charge in [0.25, 0.3) is 0 Å². The van der Waals surface area contributed by atoms with Crippen molar-refractivity contribution < 1.29 is 14.4 Å². The summed E-state index contributed by atoms with van der Waals surface area (Å²) in [5.74, 6) is -0.167. The number of amides is 2. The lowest BCUT2D eigenvalue weighted by Gasteiger charge is -2.37. The standard InChI is InChI=1S/C12H17NO3/c14-7-3-6-13-10(15)8-12(9-11(13)16)4-1-2-5-12/h7H,1-6,8-9H2. The number of rotatable bonds is 3. The van der Waals surface area contributed by atoms with Crippen LogP contribution in [0.2, 0.25) is 0 Å². The summed E-state index contributed by atoms with van der Waals surface area (Å²) < 4.78 is 0. The maximum Gasteiger partial charge on any atom is 0.229 e. The van der Waals surface area contributed by atoms with E-state index in [2.05, 4.69) is 0 Å². The third kappa shape index (κ3) is 2.01. The molecule has 16 heavy (non-hydrogen) atoms. The van der Waals surface area contributed by atoms with Crippen molar-refractivity contribution >= 4 is 18.1 Å². The molecular weight excluding hydrogens is 206 g/mol. The van der Waals surface area contributed by atoms with E-state index in [0.717, 1.165) is 32.0 Å².